The fourth-order valence-electron chi connectivity index (χ4n) is 1.06. The molecule has 5 heteroatoms. The van der Waals surface area contributed by atoms with Crippen molar-refractivity contribution in [2.75, 3.05) is 0 Å². The molecule has 0 fully saturated rings. The van der Waals surface area contributed by atoms with Gasteiger partial charge in [-0.25, -0.2) is 4.98 Å². The van der Waals surface area contributed by atoms with E-state index in [-0.39, 0.29) is 5.56 Å². The maximum absolute atomic E-state index is 11.3. The number of fused-ring (bicyclic) bond motifs is 1. The summed E-state index contributed by atoms with van der Waals surface area (Å²) in [6.07, 6.45) is 1.58. The largest absolute Gasteiger partial charge is 0.327 e. The van der Waals surface area contributed by atoms with Crippen molar-refractivity contribution in [3.63, 3.8) is 0 Å². The Balaban J connectivity index is 2.97. The number of halogens is 2. The predicted molar refractivity (Wildman–Crippen MR) is 55.1 cm³/mol. The van der Waals surface area contributed by atoms with Crippen molar-refractivity contribution in [2.24, 2.45) is 0 Å². The van der Waals surface area contributed by atoms with Crippen LogP contribution in [0.4, 0.5) is 0 Å². The molecule has 0 aliphatic carbocycles. The minimum absolute atomic E-state index is 0.230. The van der Waals surface area contributed by atoms with E-state index in [1.165, 1.54) is 0 Å². The van der Waals surface area contributed by atoms with E-state index in [0.717, 1.165) is 5.39 Å². The fourth-order valence-corrected chi connectivity index (χ4v) is 1.54. The lowest BCUT2D eigenvalue weighted by Crippen LogP contribution is -2.06. The van der Waals surface area contributed by atoms with Crippen molar-refractivity contribution in [3.8, 4) is 0 Å². The molecule has 0 aliphatic heterocycles. The van der Waals surface area contributed by atoms with Gasteiger partial charge in [0.05, 0.1) is 4.47 Å². The Morgan fingerprint density at radius 2 is 2.31 bits per heavy atom. The molecule has 66 valence electrons. The van der Waals surface area contributed by atoms with Crippen LogP contribution in [0, 0.1) is 0 Å². The summed E-state index contributed by atoms with van der Waals surface area (Å²) in [6, 6.07) is 3.53. The highest BCUT2D eigenvalue weighted by atomic mass is 79.9. The number of pyridine rings is 2. The van der Waals surface area contributed by atoms with Gasteiger partial charge in [0.1, 0.15) is 10.7 Å². The molecule has 0 saturated carbocycles. The highest BCUT2D eigenvalue weighted by molar-refractivity contribution is 9.10. The number of nitrogens with one attached hydrogen (secondary N) is 1. The molecule has 3 nitrogen and oxygen atoms in total. The quantitative estimate of drug-likeness (QED) is 0.738. The molecule has 0 radical (unpaired) electrons. The Morgan fingerprint density at radius 3 is 3.08 bits per heavy atom. The summed E-state index contributed by atoms with van der Waals surface area (Å²) in [7, 11) is 0. The Kier molecular flexibility index (Phi) is 2.09. The normalized spacial score (nSPS) is 10.6. The van der Waals surface area contributed by atoms with Crippen molar-refractivity contribution in [1.82, 2.24) is 9.97 Å². The zero-order valence-electron chi connectivity index (χ0n) is 6.34. The van der Waals surface area contributed by atoms with E-state index in [2.05, 4.69) is 25.9 Å². The summed E-state index contributed by atoms with van der Waals surface area (Å²) in [5.41, 5.74) is 0.127. The van der Waals surface area contributed by atoms with Gasteiger partial charge in [-0.1, -0.05) is 11.6 Å². The molecule has 2 heterocycles. The van der Waals surface area contributed by atoms with Crippen LogP contribution in [-0.2, 0) is 0 Å². The molecule has 0 saturated heterocycles. The van der Waals surface area contributed by atoms with Gasteiger partial charge in [0.15, 0.2) is 0 Å². The van der Waals surface area contributed by atoms with Crippen molar-refractivity contribution >= 4 is 38.4 Å². The number of hydrogen-bond acceptors (Lipinski definition) is 2. The van der Waals surface area contributed by atoms with Crippen LogP contribution in [0.1, 0.15) is 0 Å². The van der Waals surface area contributed by atoms with Crippen LogP contribution in [0.3, 0.4) is 0 Å². The zero-order valence-corrected chi connectivity index (χ0v) is 8.69. The standard InChI is InChI=1S/C8H4BrClN2O/c9-5-3-4-1-2-11-8(13)6(4)12-7(5)10/h1-3H,(H,11,13). The molecule has 0 spiro atoms. The average molecular weight is 259 g/mol. The second kappa shape index (κ2) is 3.12. The van der Waals surface area contributed by atoms with Crippen LogP contribution >= 0.6 is 27.5 Å². The first-order valence-corrected chi connectivity index (χ1v) is 4.69. The minimum atomic E-state index is -0.230. The van der Waals surface area contributed by atoms with Gasteiger partial charge in [-0.15, -0.1) is 0 Å². The summed E-state index contributed by atoms with van der Waals surface area (Å²) < 4.78 is 0.687. The van der Waals surface area contributed by atoms with Crippen LogP contribution in [0.2, 0.25) is 5.15 Å². The maximum atomic E-state index is 11.3. The summed E-state index contributed by atoms with van der Waals surface area (Å²) >= 11 is 8.98. The zero-order chi connectivity index (χ0) is 9.42. The van der Waals surface area contributed by atoms with Crippen molar-refractivity contribution < 1.29 is 0 Å². The fraction of sp³-hybridized carbons (Fsp3) is 0. The Labute approximate surface area is 86.9 Å². The van der Waals surface area contributed by atoms with E-state index in [1.54, 1.807) is 18.3 Å². The van der Waals surface area contributed by atoms with Gasteiger partial charge in [-0.05, 0) is 28.1 Å². The number of hydrogen-bond donors (Lipinski definition) is 1. The van der Waals surface area contributed by atoms with E-state index in [4.69, 9.17) is 11.6 Å². The van der Waals surface area contributed by atoms with E-state index in [1.807, 2.05) is 0 Å². The van der Waals surface area contributed by atoms with Crippen LogP contribution in [0.15, 0.2) is 27.6 Å². The Hall–Kier alpha value is -0.870. The van der Waals surface area contributed by atoms with Crippen molar-refractivity contribution in [3.05, 3.63) is 38.3 Å². The molecule has 2 rings (SSSR count). The van der Waals surface area contributed by atoms with Gasteiger partial charge in [0.2, 0.25) is 0 Å². The third-order valence-electron chi connectivity index (χ3n) is 1.66. The molecule has 0 amide bonds. The highest BCUT2D eigenvalue weighted by Gasteiger charge is 2.03. The number of aromatic amines is 1. The molecule has 2 aromatic heterocycles. The summed E-state index contributed by atoms with van der Waals surface area (Å²) in [5, 5.41) is 1.06. The topological polar surface area (TPSA) is 45.8 Å². The molecule has 0 bridgehead atoms. The number of aromatic nitrogens is 2. The number of H-pyrrole nitrogens is 1. The lowest BCUT2D eigenvalue weighted by atomic mass is 10.3. The number of rotatable bonds is 0. The van der Waals surface area contributed by atoms with Crippen LogP contribution in [-0.4, -0.2) is 9.97 Å². The van der Waals surface area contributed by atoms with Gasteiger partial charge in [0, 0.05) is 11.6 Å². The van der Waals surface area contributed by atoms with Crippen LogP contribution in [0.5, 0.6) is 0 Å². The highest BCUT2D eigenvalue weighted by Crippen LogP contribution is 2.22. The van der Waals surface area contributed by atoms with Gasteiger partial charge < -0.3 is 4.98 Å². The maximum Gasteiger partial charge on any atom is 0.274 e. The summed E-state index contributed by atoms with van der Waals surface area (Å²) in [4.78, 5) is 17.7. The van der Waals surface area contributed by atoms with E-state index >= 15 is 0 Å². The van der Waals surface area contributed by atoms with Crippen molar-refractivity contribution in [2.45, 2.75) is 0 Å². The second-order valence-corrected chi connectivity index (χ2v) is 3.72. The first kappa shape index (κ1) is 8.72. The molecule has 0 aromatic carbocycles. The van der Waals surface area contributed by atoms with Gasteiger partial charge >= 0.3 is 0 Å². The SMILES string of the molecule is O=c1[nH]ccc2cc(Br)c(Cl)nc12. The number of nitrogens with zero attached hydrogens (tertiary/aromatic N) is 1. The Morgan fingerprint density at radius 1 is 1.54 bits per heavy atom. The molecule has 0 atom stereocenters. The van der Waals surface area contributed by atoms with Crippen molar-refractivity contribution in [1.29, 1.82) is 0 Å². The van der Waals surface area contributed by atoms with E-state index in [9.17, 15) is 4.79 Å². The molecule has 13 heavy (non-hydrogen) atoms. The lowest BCUT2D eigenvalue weighted by Gasteiger charge is -1.98. The summed E-state index contributed by atoms with van der Waals surface area (Å²) in [6.45, 7) is 0. The molecule has 0 aliphatic rings. The van der Waals surface area contributed by atoms with E-state index < -0.39 is 0 Å². The van der Waals surface area contributed by atoms with Gasteiger partial charge in [-0.3, -0.25) is 4.79 Å². The molecule has 1 N–H and O–H groups in total. The third kappa shape index (κ3) is 1.47. The van der Waals surface area contributed by atoms with Crippen LogP contribution < -0.4 is 5.56 Å². The Bertz CT molecular complexity index is 523. The second-order valence-electron chi connectivity index (χ2n) is 2.51. The smallest absolute Gasteiger partial charge is 0.274 e. The first-order valence-electron chi connectivity index (χ1n) is 3.52. The molecule has 2 aromatic rings. The molecular formula is C8H4BrClN2O. The summed E-state index contributed by atoms with van der Waals surface area (Å²) in [5.74, 6) is 0. The minimum Gasteiger partial charge on any atom is -0.327 e. The molecule has 0 unspecified atom stereocenters. The monoisotopic (exact) mass is 258 g/mol. The van der Waals surface area contributed by atoms with Gasteiger partial charge in [-0.2, -0.15) is 0 Å². The van der Waals surface area contributed by atoms with Crippen LogP contribution in [0.25, 0.3) is 10.9 Å². The first-order chi connectivity index (χ1) is 6.18. The predicted octanol–water partition coefficient (Wildman–Crippen LogP) is 2.34. The van der Waals surface area contributed by atoms with Gasteiger partial charge in [0.25, 0.3) is 5.56 Å². The van der Waals surface area contributed by atoms with E-state index in [0.29, 0.717) is 15.1 Å². The lowest BCUT2D eigenvalue weighted by molar-refractivity contribution is 1.23. The third-order valence-corrected chi connectivity index (χ3v) is 2.78. The molecular weight excluding hydrogens is 255 g/mol. The average Bonchev–Trinajstić information content (AvgIpc) is 2.09.